The fourth-order valence-electron chi connectivity index (χ4n) is 4.43. The topological polar surface area (TPSA) is 102 Å². The molecule has 33 heavy (non-hydrogen) atoms. The van der Waals surface area contributed by atoms with Crippen LogP contribution in [0.4, 0.5) is 5.00 Å². The van der Waals surface area contributed by atoms with E-state index in [1.54, 1.807) is 0 Å². The molecule has 2 unspecified atom stereocenters. The van der Waals surface area contributed by atoms with E-state index in [0.717, 1.165) is 40.8 Å². The van der Waals surface area contributed by atoms with Crippen LogP contribution in [0.25, 0.3) is 0 Å². The van der Waals surface area contributed by atoms with E-state index in [4.69, 9.17) is 4.74 Å². The van der Waals surface area contributed by atoms with Crippen molar-refractivity contribution in [3.05, 3.63) is 45.3 Å². The van der Waals surface area contributed by atoms with Gasteiger partial charge in [-0.3, -0.25) is 9.59 Å². The van der Waals surface area contributed by atoms with Crippen molar-refractivity contribution in [3.8, 4) is 5.75 Å². The highest BCUT2D eigenvalue weighted by Gasteiger charge is 2.33. The smallest absolute Gasteiger partial charge is 0.262 e. The van der Waals surface area contributed by atoms with E-state index in [2.05, 4.69) is 17.6 Å². The Labute approximate surface area is 198 Å². The van der Waals surface area contributed by atoms with Gasteiger partial charge in [-0.15, -0.1) is 11.3 Å². The quantitative estimate of drug-likeness (QED) is 0.646. The van der Waals surface area contributed by atoms with Gasteiger partial charge in [-0.25, -0.2) is 8.42 Å². The van der Waals surface area contributed by atoms with Gasteiger partial charge in [0.2, 0.25) is 0 Å². The Morgan fingerprint density at radius 2 is 2.00 bits per heavy atom. The van der Waals surface area contributed by atoms with E-state index < -0.39 is 15.9 Å². The summed E-state index contributed by atoms with van der Waals surface area (Å²) in [5.74, 6) is 0.590. The highest BCUT2D eigenvalue weighted by Crippen LogP contribution is 2.40. The lowest BCUT2D eigenvalue weighted by atomic mass is 9.88. The van der Waals surface area contributed by atoms with Crippen LogP contribution < -0.4 is 15.4 Å². The number of nitrogens with one attached hydrogen (secondary N) is 2. The van der Waals surface area contributed by atoms with Crippen molar-refractivity contribution in [2.24, 2.45) is 5.92 Å². The van der Waals surface area contributed by atoms with Crippen molar-refractivity contribution in [3.63, 3.8) is 0 Å². The molecule has 0 saturated carbocycles. The fourth-order valence-corrected chi connectivity index (χ4v) is 7.53. The summed E-state index contributed by atoms with van der Waals surface area (Å²) < 4.78 is 29.3. The first-order valence-corrected chi connectivity index (χ1v) is 13.9. The molecule has 2 heterocycles. The van der Waals surface area contributed by atoms with Crippen molar-refractivity contribution >= 4 is 38.0 Å². The molecule has 2 N–H and O–H groups in total. The number of amides is 2. The van der Waals surface area contributed by atoms with Crippen LogP contribution in [0, 0.1) is 19.8 Å². The third-order valence-corrected chi connectivity index (χ3v) is 9.41. The summed E-state index contributed by atoms with van der Waals surface area (Å²) in [6, 6.07) is 5.31. The Balaban J connectivity index is 1.51. The maximum absolute atomic E-state index is 13.2. The molecule has 1 saturated heterocycles. The van der Waals surface area contributed by atoms with Crippen LogP contribution in [0.2, 0.25) is 0 Å². The number of aryl methyl sites for hydroxylation is 1. The van der Waals surface area contributed by atoms with E-state index in [-0.39, 0.29) is 29.9 Å². The van der Waals surface area contributed by atoms with Crippen molar-refractivity contribution in [2.75, 3.05) is 23.4 Å². The number of fused-ring (bicyclic) bond motifs is 1. The molecule has 2 aromatic rings. The summed E-state index contributed by atoms with van der Waals surface area (Å²) in [5.41, 5.74) is 3.52. The molecule has 9 heteroatoms. The van der Waals surface area contributed by atoms with Crippen LogP contribution in [-0.4, -0.2) is 44.4 Å². The van der Waals surface area contributed by atoms with Crippen LogP contribution in [-0.2, 0) is 27.5 Å². The molecule has 1 aliphatic heterocycles. The van der Waals surface area contributed by atoms with Gasteiger partial charge in [-0.05, 0) is 68.2 Å². The molecule has 1 aromatic carbocycles. The molecule has 178 valence electrons. The SMILES string of the molecule is Cc1cccc(OCC(=O)Nc2sc3c(c2C(=O)NC2CCS(=O)(=O)C2)CCC(C)C3)c1C. The monoisotopic (exact) mass is 490 g/mol. The van der Waals surface area contributed by atoms with Gasteiger partial charge in [-0.2, -0.15) is 0 Å². The third-order valence-electron chi connectivity index (χ3n) is 6.47. The predicted molar refractivity (Wildman–Crippen MR) is 130 cm³/mol. The number of carbonyl (C=O) groups excluding carboxylic acids is 2. The number of hydrogen-bond donors (Lipinski definition) is 2. The molecule has 2 amide bonds. The van der Waals surface area contributed by atoms with Gasteiger partial charge in [-0.1, -0.05) is 19.1 Å². The number of rotatable bonds is 6. The summed E-state index contributed by atoms with van der Waals surface area (Å²) in [6.07, 6.45) is 3.04. The lowest BCUT2D eigenvalue weighted by Gasteiger charge is -2.19. The first-order valence-electron chi connectivity index (χ1n) is 11.3. The maximum atomic E-state index is 13.2. The summed E-state index contributed by atoms with van der Waals surface area (Å²) in [5, 5.41) is 6.29. The van der Waals surface area contributed by atoms with Crippen LogP contribution in [0.15, 0.2) is 18.2 Å². The lowest BCUT2D eigenvalue weighted by molar-refractivity contribution is -0.118. The zero-order valence-corrected chi connectivity index (χ0v) is 20.8. The molecule has 0 radical (unpaired) electrons. The zero-order chi connectivity index (χ0) is 23.8. The molecule has 1 aliphatic carbocycles. The molecular formula is C24H30N2O5S2. The second kappa shape index (κ2) is 9.46. The Bertz CT molecular complexity index is 1190. The van der Waals surface area contributed by atoms with E-state index in [1.165, 1.54) is 11.3 Å². The minimum Gasteiger partial charge on any atom is -0.483 e. The summed E-state index contributed by atoms with van der Waals surface area (Å²) >= 11 is 1.44. The molecule has 4 rings (SSSR count). The average Bonchev–Trinajstić information content (AvgIpc) is 3.27. The number of benzene rings is 1. The molecule has 2 aliphatic rings. The van der Waals surface area contributed by atoms with Gasteiger partial charge in [0.25, 0.3) is 11.8 Å². The second-order valence-corrected chi connectivity index (χ2v) is 12.5. The van der Waals surface area contributed by atoms with Gasteiger partial charge in [0.15, 0.2) is 16.4 Å². The molecule has 2 atom stereocenters. The molecule has 1 aromatic heterocycles. The van der Waals surface area contributed by atoms with Crippen LogP contribution in [0.1, 0.15) is 51.7 Å². The standard InChI is InChI=1S/C24H30N2O5S2/c1-14-7-8-18-20(11-14)32-24(22(18)23(28)25-17-9-10-33(29,30)13-17)26-21(27)12-31-19-6-4-5-15(2)16(19)3/h4-6,14,17H,7-13H2,1-3H3,(H,25,28)(H,26,27). The van der Waals surface area contributed by atoms with Crippen LogP contribution in [0.3, 0.4) is 0 Å². The minimum atomic E-state index is -3.10. The summed E-state index contributed by atoms with van der Waals surface area (Å²) in [7, 11) is -3.10. The number of carbonyl (C=O) groups is 2. The number of anilines is 1. The first-order chi connectivity index (χ1) is 15.6. The number of hydrogen-bond acceptors (Lipinski definition) is 6. The Hall–Kier alpha value is -2.39. The normalized spacial score (nSPS) is 21.3. The summed E-state index contributed by atoms with van der Waals surface area (Å²) in [6.45, 7) is 5.95. The fraction of sp³-hybridized carbons (Fsp3) is 0.500. The first kappa shape index (κ1) is 23.8. The maximum Gasteiger partial charge on any atom is 0.262 e. The zero-order valence-electron chi connectivity index (χ0n) is 19.2. The largest absolute Gasteiger partial charge is 0.483 e. The van der Waals surface area contributed by atoms with Gasteiger partial charge in [0, 0.05) is 10.9 Å². The number of ether oxygens (including phenoxy) is 1. The van der Waals surface area contributed by atoms with E-state index in [1.807, 2.05) is 32.0 Å². The highest BCUT2D eigenvalue weighted by atomic mass is 32.2. The lowest BCUT2D eigenvalue weighted by Crippen LogP contribution is -2.36. The van der Waals surface area contributed by atoms with E-state index in [9.17, 15) is 18.0 Å². The number of thiophene rings is 1. The van der Waals surface area contributed by atoms with Gasteiger partial charge >= 0.3 is 0 Å². The van der Waals surface area contributed by atoms with E-state index in [0.29, 0.717) is 28.7 Å². The Kier molecular flexibility index (Phi) is 6.81. The van der Waals surface area contributed by atoms with E-state index >= 15 is 0 Å². The van der Waals surface area contributed by atoms with Gasteiger partial charge in [0.1, 0.15) is 10.8 Å². The minimum absolute atomic E-state index is 0.0342. The third kappa shape index (κ3) is 5.41. The van der Waals surface area contributed by atoms with Crippen molar-refractivity contribution in [1.82, 2.24) is 5.32 Å². The van der Waals surface area contributed by atoms with Gasteiger partial charge < -0.3 is 15.4 Å². The molecule has 0 spiro atoms. The number of sulfone groups is 1. The molecule has 1 fully saturated rings. The van der Waals surface area contributed by atoms with Crippen molar-refractivity contribution in [2.45, 2.75) is 52.5 Å². The predicted octanol–water partition coefficient (Wildman–Crippen LogP) is 3.42. The van der Waals surface area contributed by atoms with Crippen LogP contribution in [0.5, 0.6) is 5.75 Å². The molecule has 7 nitrogen and oxygen atoms in total. The second-order valence-electron chi connectivity index (χ2n) is 9.16. The molecular weight excluding hydrogens is 460 g/mol. The molecule has 0 bridgehead atoms. The Morgan fingerprint density at radius 1 is 1.21 bits per heavy atom. The van der Waals surface area contributed by atoms with Crippen molar-refractivity contribution in [1.29, 1.82) is 0 Å². The van der Waals surface area contributed by atoms with Crippen molar-refractivity contribution < 1.29 is 22.7 Å². The Morgan fingerprint density at radius 3 is 2.73 bits per heavy atom. The van der Waals surface area contributed by atoms with Gasteiger partial charge in [0.05, 0.1) is 17.1 Å². The summed E-state index contributed by atoms with van der Waals surface area (Å²) in [4.78, 5) is 27.0. The highest BCUT2D eigenvalue weighted by molar-refractivity contribution is 7.91. The average molecular weight is 491 g/mol. The van der Waals surface area contributed by atoms with Crippen LogP contribution >= 0.6 is 11.3 Å².